The lowest BCUT2D eigenvalue weighted by atomic mass is 10.1. The smallest absolute Gasteiger partial charge is 0.305 e. The van der Waals surface area contributed by atoms with Gasteiger partial charge in [-0.1, -0.05) is 30.3 Å². The van der Waals surface area contributed by atoms with Gasteiger partial charge >= 0.3 is 5.97 Å². The monoisotopic (exact) mass is 368 g/mol. The Morgan fingerprint density at radius 3 is 2.67 bits per heavy atom. The maximum atomic E-state index is 12.4. The van der Waals surface area contributed by atoms with E-state index in [4.69, 9.17) is 13.9 Å². The molecule has 0 saturated heterocycles. The quantitative estimate of drug-likeness (QED) is 0.503. The zero-order chi connectivity index (χ0) is 19.2. The van der Waals surface area contributed by atoms with Crippen LogP contribution in [0.4, 0.5) is 0 Å². The summed E-state index contributed by atoms with van der Waals surface area (Å²) < 4.78 is 16.2. The van der Waals surface area contributed by atoms with E-state index in [0.717, 1.165) is 5.56 Å². The van der Waals surface area contributed by atoms with Gasteiger partial charge in [0.1, 0.15) is 28.2 Å². The van der Waals surface area contributed by atoms with E-state index in [-0.39, 0.29) is 41.1 Å². The number of fused-ring (bicyclic) bond motifs is 1. The number of phenols is 1. The predicted octanol–water partition coefficient (Wildman–Crippen LogP) is 3.89. The Balaban J connectivity index is 1.82. The number of phenolic OH excluding ortho intramolecular Hbond substituents is 1. The van der Waals surface area contributed by atoms with Crippen LogP contribution in [0.1, 0.15) is 19.8 Å². The highest BCUT2D eigenvalue weighted by molar-refractivity contribution is 5.86. The zero-order valence-corrected chi connectivity index (χ0v) is 14.9. The van der Waals surface area contributed by atoms with Crippen LogP contribution in [0.25, 0.3) is 22.3 Å². The first-order valence-corrected chi connectivity index (χ1v) is 8.73. The fourth-order valence-electron chi connectivity index (χ4n) is 2.71. The fraction of sp³-hybridized carbons (Fsp3) is 0.238. The molecule has 0 bridgehead atoms. The van der Waals surface area contributed by atoms with Gasteiger partial charge in [-0.25, -0.2) is 0 Å². The first-order chi connectivity index (χ1) is 13.1. The Hall–Kier alpha value is -3.28. The van der Waals surface area contributed by atoms with Crippen molar-refractivity contribution in [3.63, 3.8) is 0 Å². The number of benzene rings is 2. The van der Waals surface area contributed by atoms with E-state index in [1.807, 2.05) is 30.3 Å². The van der Waals surface area contributed by atoms with Crippen molar-refractivity contribution in [2.75, 3.05) is 13.2 Å². The summed E-state index contributed by atoms with van der Waals surface area (Å²) in [5, 5.41) is 10.3. The van der Waals surface area contributed by atoms with Gasteiger partial charge in [0, 0.05) is 30.2 Å². The number of hydrogen-bond acceptors (Lipinski definition) is 6. The summed E-state index contributed by atoms with van der Waals surface area (Å²) >= 11 is 0. The molecule has 0 unspecified atom stereocenters. The number of carbonyl (C=O) groups is 1. The van der Waals surface area contributed by atoms with Crippen LogP contribution in [0.5, 0.6) is 11.5 Å². The molecule has 6 nitrogen and oxygen atoms in total. The molecule has 2 aromatic carbocycles. The summed E-state index contributed by atoms with van der Waals surface area (Å²) in [7, 11) is 0. The van der Waals surface area contributed by atoms with E-state index in [9.17, 15) is 14.7 Å². The first kappa shape index (κ1) is 18.5. The van der Waals surface area contributed by atoms with Crippen molar-refractivity contribution >= 4 is 16.9 Å². The van der Waals surface area contributed by atoms with Gasteiger partial charge in [0.2, 0.25) is 0 Å². The lowest BCUT2D eigenvalue weighted by Gasteiger charge is -2.09. The Kier molecular flexibility index (Phi) is 5.76. The summed E-state index contributed by atoms with van der Waals surface area (Å²) in [5.41, 5.74) is 0.667. The van der Waals surface area contributed by atoms with Gasteiger partial charge in [-0.05, 0) is 13.3 Å². The summed E-state index contributed by atoms with van der Waals surface area (Å²) in [5.74, 6) is 0.284. The van der Waals surface area contributed by atoms with Crippen molar-refractivity contribution in [1.29, 1.82) is 0 Å². The highest BCUT2D eigenvalue weighted by Crippen LogP contribution is 2.31. The minimum atomic E-state index is -0.332. The highest BCUT2D eigenvalue weighted by Gasteiger charge is 2.13. The standard InChI is InChI=1S/C21H20O6/c1-2-25-20(24)9-6-10-26-15-11-16(22)21-17(23)13-18(27-19(21)12-15)14-7-4-3-5-8-14/h3-5,7-8,11-13,22H,2,6,9-10H2,1H3. The summed E-state index contributed by atoms with van der Waals surface area (Å²) in [6.45, 7) is 2.37. The van der Waals surface area contributed by atoms with Crippen molar-refractivity contribution in [2.24, 2.45) is 0 Å². The average molecular weight is 368 g/mol. The van der Waals surface area contributed by atoms with Crippen LogP contribution in [0.3, 0.4) is 0 Å². The van der Waals surface area contributed by atoms with E-state index in [0.29, 0.717) is 24.5 Å². The molecule has 0 aliphatic carbocycles. The van der Waals surface area contributed by atoms with Crippen molar-refractivity contribution in [2.45, 2.75) is 19.8 Å². The lowest BCUT2D eigenvalue weighted by Crippen LogP contribution is -2.07. The average Bonchev–Trinajstić information content (AvgIpc) is 2.65. The van der Waals surface area contributed by atoms with Crippen LogP contribution in [-0.2, 0) is 9.53 Å². The molecule has 1 heterocycles. The third-order valence-electron chi connectivity index (χ3n) is 3.94. The summed E-state index contributed by atoms with van der Waals surface area (Å²) in [4.78, 5) is 23.7. The lowest BCUT2D eigenvalue weighted by molar-refractivity contribution is -0.143. The van der Waals surface area contributed by atoms with Crippen LogP contribution in [0, 0.1) is 0 Å². The molecule has 3 aromatic rings. The number of ether oxygens (including phenoxy) is 2. The number of esters is 1. The second-order valence-electron chi connectivity index (χ2n) is 5.91. The van der Waals surface area contributed by atoms with Crippen LogP contribution < -0.4 is 10.2 Å². The molecule has 0 aliphatic rings. The number of hydrogen-bond donors (Lipinski definition) is 1. The summed E-state index contributed by atoms with van der Waals surface area (Å²) in [6.07, 6.45) is 0.728. The first-order valence-electron chi connectivity index (χ1n) is 8.73. The van der Waals surface area contributed by atoms with Crippen LogP contribution in [0.2, 0.25) is 0 Å². The summed E-state index contributed by atoms with van der Waals surface area (Å²) in [6, 6.07) is 13.5. The molecule has 0 fully saturated rings. The molecule has 3 rings (SSSR count). The normalized spacial score (nSPS) is 10.7. The molecule has 0 aliphatic heterocycles. The van der Waals surface area contributed by atoms with E-state index in [1.54, 1.807) is 13.0 Å². The maximum absolute atomic E-state index is 12.4. The second-order valence-corrected chi connectivity index (χ2v) is 5.91. The zero-order valence-electron chi connectivity index (χ0n) is 14.9. The van der Waals surface area contributed by atoms with Gasteiger partial charge in [0.25, 0.3) is 0 Å². The van der Waals surface area contributed by atoms with Gasteiger partial charge < -0.3 is 19.0 Å². The molecule has 1 aromatic heterocycles. The molecule has 0 saturated carbocycles. The molecule has 140 valence electrons. The third-order valence-corrected chi connectivity index (χ3v) is 3.94. The molecule has 27 heavy (non-hydrogen) atoms. The number of rotatable bonds is 7. The number of aromatic hydroxyl groups is 1. The largest absolute Gasteiger partial charge is 0.507 e. The van der Waals surface area contributed by atoms with E-state index in [2.05, 4.69) is 0 Å². The molecule has 0 amide bonds. The van der Waals surface area contributed by atoms with Crippen molar-refractivity contribution in [3.8, 4) is 22.8 Å². The molecular weight excluding hydrogens is 348 g/mol. The van der Waals surface area contributed by atoms with Gasteiger partial charge in [0.05, 0.1) is 13.2 Å². The van der Waals surface area contributed by atoms with E-state index < -0.39 is 0 Å². The van der Waals surface area contributed by atoms with E-state index in [1.165, 1.54) is 12.1 Å². The van der Waals surface area contributed by atoms with Gasteiger partial charge in [-0.2, -0.15) is 0 Å². The van der Waals surface area contributed by atoms with E-state index >= 15 is 0 Å². The van der Waals surface area contributed by atoms with Crippen molar-refractivity contribution in [1.82, 2.24) is 0 Å². The van der Waals surface area contributed by atoms with Crippen molar-refractivity contribution in [3.05, 3.63) is 58.8 Å². The van der Waals surface area contributed by atoms with Gasteiger partial charge in [0.15, 0.2) is 5.43 Å². The SMILES string of the molecule is CCOC(=O)CCCOc1cc(O)c2c(=O)cc(-c3ccccc3)oc2c1. The maximum Gasteiger partial charge on any atom is 0.305 e. The van der Waals surface area contributed by atoms with Crippen molar-refractivity contribution < 1.29 is 23.8 Å². The molecule has 0 atom stereocenters. The molecule has 6 heteroatoms. The van der Waals surface area contributed by atoms with Crippen LogP contribution in [-0.4, -0.2) is 24.3 Å². The van der Waals surface area contributed by atoms with Crippen LogP contribution in [0.15, 0.2) is 57.7 Å². The Morgan fingerprint density at radius 1 is 1.15 bits per heavy atom. The Morgan fingerprint density at radius 2 is 1.93 bits per heavy atom. The molecule has 1 N–H and O–H groups in total. The number of carbonyl (C=O) groups excluding carboxylic acids is 1. The predicted molar refractivity (Wildman–Crippen MR) is 101 cm³/mol. The minimum absolute atomic E-state index is 0.105. The fourth-order valence-corrected chi connectivity index (χ4v) is 2.71. The van der Waals surface area contributed by atoms with Crippen LogP contribution >= 0.6 is 0 Å². The minimum Gasteiger partial charge on any atom is -0.507 e. The third kappa shape index (κ3) is 4.47. The van der Waals surface area contributed by atoms with Gasteiger partial charge in [-0.3, -0.25) is 9.59 Å². The molecule has 0 spiro atoms. The Bertz CT molecular complexity index is 991. The topological polar surface area (TPSA) is 86.0 Å². The second kappa shape index (κ2) is 8.40. The van der Waals surface area contributed by atoms with Gasteiger partial charge in [-0.15, -0.1) is 0 Å². The Labute approximate surface area is 156 Å². The highest BCUT2D eigenvalue weighted by atomic mass is 16.5. The molecular formula is C21H20O6. The molecule has 0 radical (unpaired) electrons.